The lowest BCUT2D eigenvalue weighted by atomic mass is 10.2. The number of piperazine rings is 1. The first-order chi connectivity index (χ1) is 10.2. The third-order valence-electron chi connectivity index (χ3n) is 3.59. The molecule has 1 aromatic heterocycles. The van der Waals surface area contributed by atoms with Crippen LogP contribution in [0.4, 0.5) is 11.6 Å². The monoisotopic (exact) mass is 287 g/mol. The van der Waals surface area contributed by atoms with Gasteiger partial charge in [-0.15, -0.1) is 0 Å². The molecule has 0 radical (unpaired) electrons. The first-order valence-electron chi connectivity index (χ1n) is 6.85. The lowest BCUT2D eigenvalue weighted by molar-refractivity contribution is -0.138. The standard InChI is InChI=1S/C14H17N5O2/c1-15-12-13(18-10-5-3-2-4-9(10)17-12)19-7-6-16-8-11(19)14(20)21/h2-5,11,16H,6-8H2,1H3,(H,15,17)(H,20,21). The van der Waals surface area contributed by atoms with Crippen LogP contribution in [0, 0.1) is 0 Å². The Balaban J connectivity index is 2.10. The zero-order valence-corrected chi connectivity index (χ0v) is 11.7. The number of fused-ring (bicyclic) bond motifs is 1. The maximum absolute atomic E-state index is 11.5. The molecule has 1 atom stereocenters. The van der Waals surface area contributed by atoms with Crippen LogP contribution in [0.15, 0.2) is 24.3 Å². The molecule has 0 spiro atoms. The van der Waals surface area contributed by atoms with Crippen molar-refractivity contribution in [2.24, 2.45) is 0 Å². The van der Waals surface area contributed by atoms with Crippen LogP contribution in [0.1, 0.15) is 0 Å². The third kappa shape index (κ3) is 2.47. The number of nitrogens with one attached hydrogen (secondary N) is 2. The van der Waals surface area contributed by atoms with Crippen LogP contribution in [0.2, 0.25) is 0 Å². The highest BCUT2D eigenvalue weighted by molar-refractivity contribution is 5.84. The summed E-state index contributed by atoms with van der Waals surface area (Å²) in [4.78, 5) is 22.4. The first kappa shape index (κ1) is 13.6. The molecule has 7 nitrogen and oxygen atoms in total. The molecular weight excluding hydrogens is 270 g/mol. The highest BCUT2D eigenvalue weighted by atomic mass is 16.4. The summed E-state index contributed by atoms with van der Waals surface area (Å²) in [5.41, 5.74) is 1.54. The Morgan fingerprint density at radius 2 is 2.10 bits per heavy atom. The summed E-state index contributed by atoms with van der Waals surface area (Å²) >= 11 is 0. The van der Waals surface area contributed by atoms with Gasteiger partial charge >= 0.3 is 5.97 Å². The average Bonchev–Trinajstić information content (AvgIpc) is 2.53. The van der Waals surface area contributed by atoms with Crippen LogP contribution in [-0.2, 0) is 4.79 Å². The predicted molar refractivity (Wildman–Crippen MR) is 80.7 cm³/mol. The minimum Gasteiger partial charge on any atom is -0.480 e. The number of aromatic nitrogens is 2. The zero-order chi connectivity index (χ0) is 14.8. The highest BCUT2D eigenvalue weighted by Crippen LogP contribution is 2.26. The van der Waals surface area contributed by atoms with Crippen LogP contribution >= 0.6 is 0 Å². The smallest absolute Gasteiger partial charge is 0.327 e. The fourth-order valence-corrected chi connectivity index (χ4v) is 2.54. The van der Waals surface area contributed by atoms with E-state index in [-0.39, 0.29) is 0 Å². The number of carboxylic acid groups (broad SMARTS) is 1. The summed E-state index contributed by atoms with van der Waals surface area (Å²) in [5.74, 6) is 0.325. The summed E-state index contributed by atoms with van der Waals surface area (Å²) in [7, 11) is 1.76. The van der Waals surface area contributed by atoms with Crippen molar-refractivity contribution in [1.29, 1.82) is 0 Å². The summed E-state index contributed by atoms with van der Waals surface area (Å²) in [6.07, 6.45) is 0. The van der Waals surface area contributed by atoms with E-state index in [1.807, 2.05) is 24.3 Å². The molecule has 0 aliphatic carbocycles. The van der Waals surface area contributed by atoms with E-state index >= 15 is 0 Å². The van der Waals surface area contributed by atoms with E-state index in [9.17, 15) is 9.90 Å². The molecule has 3 N–H and O–H groups in total. The molecule has 1 aromatic carbocycles. The van der Waals surface area contributed by atoms with Gasteiger partial charge in [-0.2, -0.15) is 0 Å². The molecule has 1 fully saturated rings. The van der Waals surface area contributed by atoms with Crippen LogP contribution in [0.5, 0.6) is 0 Å². The van der Waals surface area contributed by atoms with Crippen molar-refractivity contribution < 1.29 is 9.90 Å². The van der Waals surface area contributed by atoms with Crippen molar-refractivity contribution in [3.8, 4) is 0 Å². The predicted octanol–water partition coefficient (Wildman–Crippen LogP) is 0.534. The maximum Gasteiger partial charge on any atom is 0.327 e. The lowest BCUT2D eigenvalue weighted by Gasteiger charge is -2.35. The maximum atomic E-state index is 11.5. The second-order valence-electron chi connectivity index (χ2n) is 4.89. The van der Waals surface area contributed by atoms with E-state index in [2.05, 4.69) is 20.6 Å². The zero-order valence-electron chi connectivity index (χ0n) is 11.7. The van der Waals surface area contributed by atoms with Gasteiger partial charge < -0.3 is 20.6 Å². The van der Waals surface area contributed by atoms with Gasteiger partial charge in [-0.1, -0.05) is 12.1 Å². The minimum absolute atomic E-state index is 0.396. The molecule has 0 amide bonds. The molecule has 1 aliphatic rings. The topological polar surface area (TPSA) is 90.4 Å². The van der Waals surface area contributed by atoms with Crippen LogP contribution in [0.25, 0.3) is 11.0 Å². The summed E-state index contributed by atoms with van der Waals surface area (Å²) in [6.45, 7) is 1.70. The van der Waals surface area contributed by atoms with Crippen LogP contribution in [-0.4, -0.2) is 53.8 Å². The normalized spacial score (nSPS) is 18.7. The van der Waals surface area contributed by atoms with Crippen LogP contribution < -0.4 is 15.5 Å². The Labute approximate surface area is 122 Å². The van der Waals surface area contributed by atoms with Crippen molar-refractivity contribution in [1.82, 2.24) is 15.3 Å². The van der Waals surface area contributed by atoms with Gasteiger partial charge in [-0.05, 0) is 12.1 Å². The SMILES string of the molecule is CNc1nc2ccccc2nc1N1CCNCC1C(=O)O. The first-order valence-corrected chi connectivity index (χ1v) is 6.85. The molecule has 21 heavy (non-hydrogen) atoms. The molecule has 0 bridgehead atoms. The van der Waals surface area contributed by atoms with Gasteiger partial charge in [0.05, 0.1) is 11.0 Å². The Bertz CT molecular complexity index is 675. The Kier molecular flexibility index (Phi) is 3.57. The Hall–Kier alpha value is -2.41. The number of hydrogen-bond acceptors (Lipinski definition) is 6. The van der Waals surface area contributed by atoms with Crippen LogP contribution in [0.3, 0.4) is 0 Å². The number of rotatable bonds is 3. The highest BCUT2D eigenvalue weighted by Gasteiger charge is 2.31. The van der Waals surface area contributed by atoms with Crippen molar-refractivity contribution in [3.63, 3.8) is 0 Å². The molecule has 0 saturated carbocycles. The van der Waals surface area contributed by atoms with Gasteiger partial charge in [-0.25, -0.2) is 14.8 Å². The van der Waals surface area contributed by atoms with Crippen molar-refractivity contribution in [3.05, 3.63) is 24.3 Å². The van der Waals surface area contributed by atoms with Crippen molar-refractivity contribution in [2.45, 2.75) is 6.04 Å². The molecule has 1 saturated heterocycles. The number of anilines is 2. The number of benzene rings is 1. The van der Waals surface area contributed by atoms with E-state index in [0.717, 1.165) is 17.6 Å². The number of para-hydroxylation sites is 2. The van der Waals surface area contributed by atoms with Crippen molar-refractivity contribution >= 4 is 28.6 Å². The number of aliphatic carboxylic acids is 1. The number of carbonyl (C=O) groups is 1. The quantitative estimate of drug-likeness (QED) is 0.758. The fourth-order valence-electron chi connectivity index (χ4n) is 2.54. The molecule has 7 heteroatoms. The van der Waals surface area contributed by atoms with E-state index in [1.165, 1.54) is 0 Å². The van der Waals surface area contributed by atoms with Gasteiger partial charge in [0.1, 0.15) is 6.04 Å². The molecule has 110 valence electrons. The summed E-state index contributed by atoms with van der Waals surface area (Å²) in [6, 6.07) is 6.93. The minimum atomic E-state index is -0.862. The van der Waals surface area contributed by atoms with E-state index < -0.39 is 12.0 Å². The van der Waals surface area contributed by atoms with Gasteiger partial charge in [0.2, 0.25) is 0 Å². The molecule has 2 heterocycles. The van der Waals surface area contributed by atoms with Gasteiger partial charge in [0.15, 0.2) is 11.6 Å². The largest absolute Gasteiger partial charge is 0.480 e. The molecule has 1 unspecified atom stereocenters. The second kappa shape index (κ2) is 5.53. The van der Waals surface area contributed by atoms with Gasteiger partial charge in [0.25, 0.3) is 0 Å². The second-order valence-corrected chi connectivity index (χ2v) is 4.89. The molecule has 2 aromatic rings. The molecule has 1 aliphatic heterocycles. The fraction of sp³-hybridized carbons (Fsp3) is 0.357. The number of carboxylic acids is 1. The molecular formula is C14H17N5O2. The van der Waals surface area contributed by atoms with E-state index in [4.69, 9.17) is 0 Å². The average molecular weight is 287 g/mol. The van der Waals surface area contributed by atoms with Gasteiger partial charge in [-0.3, -0.25) is 0 Å². The molecule has 3 rings (SSSR count). The van der Waals surface area contributed by atoms with Gasteiger partial charge in [0, 0.05) is 26.7 Å². The Morgan fingerprint density at radius 3 is 2.76 bits per heavy atom. The Morgan fingerprint density at radius 1 is 1.38 bits per heavy atom. The summed E-state index contributed by atoms with van der Waals surface area (Å²) < 4.78 is 0. The summed E-state index contributed by atoms with van der Waals surface area (Å²) in [5, 5.41) is 15.5. The van der Waals surface area contributed by atoms with E-state index in [1.54, 1.807) is 11.9 Å². The number of nitrogens with zero attached hydrogens (tertiary/aromatic N) is 3. The third-order valence-corrected chi connectivity index (χ3v) is 3.59. The van der Waals surface area contributed by atoms with E-state index in [0.29, 0.717) is 24.7 Å². The number of hydrogen-bond donors (Lipinski definition) is 3. The van der Waals surface area contributed by atoms with Crippen molar-refractivity contribution in [2.75, 3.05) is 36.9 Å². The lowest BCUT2D eigenvalue weighted by Crippen LogP contribution is -2.55.